The molecule has 1 amide bonds. The van der Waals surface area contributed by atoms with Crippen molar-refractivity contribution < 1.29 is 4.79 Å². The maximum Gasteiger partial charge on any atom is 0.225 e. The number of rotatable bonds is 6. The summed E-state index contributed by atoms with van der Waals surface area (Å²) in [6.45, 7) is 6.05. The first-order chi connectivity index (χ1) is 15.9. The van der Waals surface area contributed by atoms with Gasteiger partial charge in [0.1, 0.15) is 17.7 Å². The maximum absolute atomic E-state index is 12.2. The van der Waals surface area contributed by atoms with Crippen LogP contribution in [-0.4, -0.2) is 20.9 Å². The second-order valence-electron chi connectivity index (χ2n) is 8.12. The molecule has 4 rings (SSSR count). The summed E-state index contributed by atoms with van der Waals surface area (Å²) in [6.07, 6.45) is 5.56. The number of amides is 1. The largest absolute Gasteiger partial charge is 0.344 e. The minimum Gasteiger partial charge on any atom is -0.344 e. The third kappa shape index (κ3) is 4.99. The third-order valence-electron chi connectivity index (χ3n) is 5.01. The van der Waals surface area contributed by atoms with Gasteiger partial charge in [-0.25, -0.2) is 9.97 Å². The Balaban J connectivity index is 1.87. The monoisotopic (exact) mass is 567 g/mol. The lowest BCUT2D eigenvalue weighted by molar-refractivity contribution is -0.116. The Morgan fingerprint density at radius 2 is 2.03 bits per heavy atom. The summed E-state index contributed by atoms with van der Waals surface area (Å²) in [4.78, 5) is 25.9. The Hall–Kier alpha value is -3.03. The minimum absolute atomic E-state index is 0.0764. The molecule has 2 N–H and O–H groups in total. The van der Waals surface area contributed by atoms with E-state index in [1.165, 1.54) is 11.3 Å². The number of aromatic amines is 1. The number of imidazole rings is 1. The quantitative estimate of drug-likeness (QED) is 0.256. The summed E-state index contributed by atoms with van der Waals surface area (Å²) in [5, 5.41) is 13.1. The van der Waals surface area contributed by atoms with Gasteiger partial charge >= 0.3 is 0 Å². The van der Waals surface area contributed by atoms with Crippen LogP contribution in [0.5, 0.6) is 0 Å². The second kappa shape index (κ2) is 9.85. The molecule has 0 atom stereocenters. The van der Waals surface area contributed by atoms with Crippen molar-refractivity contribution >= 4 is 45.7 Å². The molecule has 3 aromatic heterocycles. The average Bonchev–Trinajstić information content (AvgIpc) is 3.41. The first-order valence-electron chi connectivity index (χ1n) is 10.5. The van der Waals surface area contributed by atoms with Crippen LogP contribution >= 0.6 is 33.9 Å². The van der Waals surface area contributed by atoms with Crippen molar-refractivity contribution in [2.45, 2.75) is 27.2 Å². The average molecular weight is 567 g/mol. The summed E-state index contributed by atoms with van der Waals surface area (Å²) in [5.41, 5.74) is 4.42. The van der Waals surface area contributed by atoms with E-state index in [1.807, 2.05) is 26.0 Å². The molecular weight excluding hydrogens is 545 g/mol. The number of H-pyrrole nitrogens is 1. The van der Waals surface area contributed by atoms with Crippen LogP contribution in [0.4, 0.5) is 5.82 Å². The molecule has 8 heteroatoms. The van der Waals surface area contributed by atoms with E-state index in [9.17, 15) is 10.1 Å². The van der Waals surface area contributed by atoms with E-state index in [4.69, 9.17) is 0 Å². The van der Waals surface area contributed by atoms with Gasteiger partial charge in [-0.3, -0.25) is 4.79 Å². The number of anilines is 1. The van der Waals surface area contributed by atoms with E-state index >= 15 is 0 Å². The van der Waals surface area contributed by atoms with E-state index in [2.05, 4.69) is 74.1 Å². The number of pyridine rings is 1. The molecule has 0 unspecified atom stereocenters. The van der Waals surface area contributed by atoms with Crippen molar-refractivity contribution in [1.29, 1.82) is 5.26 Å². The topological polar surface area (TPSA) is 94.5 Å². The number of aromatic nitrogens is 3. The van der Waals surface area contributed by atoms with Gasteiger partial charge in [-0.2, -0.15) is 5.26 Å². The molecule has 1 aromatic carbocycles. The van der Waals surface area contributed by atoms with E-state index in [-0.39, 0.29) is 11.8 Å². The number of aryl methyl sites for hydroxylation is 1. The smallest absolute Gasteiger partial charge is 0.225 e. The summed E-state index contributed by atoms with van der Waals surface area (Å²) in [5.74, 6) is 1.37. The lowest BCUT2D eigenvalue weighted by atomic mass is 9.98. The first-order valence-corrected chi connectivity index (χ1v) is 12.4. The molecule has 0 spiro atoms. The molecule has 0 saturated heterocycles. The lowest BCUT2D eigenvalue weighted by Gasteiger charge is -2.08. The Labute approximate surface area is 210 Å². The predicted octanol–water partition coefficient (Wildman–Crippen LogP) is 6.64. The third-order valence-corrected chi connectivity index (χ3v) is 7.15. The highest BCUT2D eigenvalue weighted by atomic mass is 127. The van der Waals surface area contributed by atoms with Gasteiger partial charge in [0.2, 0.25) is 5.91 Å². The number of benzene rings is 1. The Morgan fingerprint density at radius 1 is 1.21 bits per heavy atom. The number of nitrogens with one attached hydrogen (secondary N) is 2. The standard InChI is InChI=1S/C25H22IN5OS/c1-14(2)10-21(32)31-20-12-16(6-7-28-20)23-18(13-27)22(17-5-4-15(3)11-19(17)26)24(33-23)25-29-8-9-30-25/h4-9,11-12,14H,10H2,1-3H3,(H,29,30)(H,28,31,32). The number of hydrogen-bond acceptors (Lipinski definition) is 5. The number of nitriles is 1. The van der Waals surface area contributed by atoms with Gasteiger partial charge in [0.15, 0.2) is 0 Å². The second-order valence-corrected chi connectivity index (χ2v) is 10.3. The summed E-state index contributed by atoms with van der Waals surface area (Å²) in [6, 6.07) is 12.3. The van der Waals surface area contributed by atoms with Gasteiger partial charge < -0.3 is 10.3 Å². The van der Waals surface area contributed by atoms with Gasteiger partial charge in [-0.05, 0) is 64.8 Å². The Morgan fingerprint density at radius 3 is 2.70 bits per heavy atom. The van der Waals surface area contributed by atoms with Crippen LogP contribution in [0.25, 0.3) is 32.3 Å². The van der Waals surface area contributed by atoms with Crippen molar-refractivity contribution in [1.82, 2.24) is 15.0 Å². The molecule has 0 aliphatic heterocycles. The first kappa shape index (κ1) is 23.1. The fraction of sp³-hybridized carbons (Fsp3) is 0.200. The van der Waals surface area contributed by atoms with Crippen LogP contribution in [-0.2, 0) is 4.79 Å². The van der Waals surface area contributed by atoms with E-state index in [0.29, 0.717) is 23.6 Å². The maximum atomic E-state index is 12.2. The molecule has 0 saturated carbocycles. The predicted molar refractivity (Wildman–Crippen MR) is 141 cm³/mol. The minimum atomic E-state index is -0.0764. The number of carbonyl (C=O) groups excluding carboxylic acids is 1. The highest BCUT2D eigenvalue weighted by Crippen LogP contribution is 2.47. The summed E-state index contributed by atoms with van der Waals surface area (Å²) < 4.78 is 1.07. The molecule has 4 aromatic rings. The van der Waals surface area contributed by atoms with Crippen molar-refractivity contribution in [3.63, 3.8) is 0 Å². The normalized spacial score (nSPS) is 10.9. The molecule has 0 aliphatic carbocycles. The number of hydrogen-bond donors (Lipinski definition) is 2. The zero-order valence-electron chi connectivity index (χ0n) is 18.4. The zero-order chi connectivity index (χ0) is 23.5. The van der Waals surface area contributed by atoms with Gasteiger partial charge in [0, 0.05) is 34.1 Å². The van der Waals surface area contributed by atoms with Crippen LogP contribution < -0.4 is 5.32 Å². The molecule has 0 radical (unpaired) electrons. The van der Waals surface area contributed by atoms with Crippen LogP contribution in [0.3, 0.4) is 0 Å². The van der Waals surface area contributed by atoms with Crippen LogP contribution in [0.2, 0.25) is 0 Å². The molecular formula is C25H22IN5OS. The van der Waals surface area contributed by atoms with E-state index < -0.39 is 0 Å². The fourth-order valence-corrected chi connectivity index (χ4v) is 5.74. The number of carbonyl (C=O) groups is 1. The van der Waals surface area contributed by atoms with Gasteiger partial charge in [-0.15, -0.1) is 11.3 Å². The Bertz CT molecular complexity index is 1350. The van der Waals surface area contributed by atoms with Gasteiger partial charge in [0.25, 0.3) is 0 Å². The summed E-state index contributed by atoms with van der Waals surface area (Å²) >= 11 is 3.82. The van der Waals surface area contributed by atoms with Crippen LogP contribution in [0, 0.1) is 27.7 Å². The fourth-order valence-electron chi connectivity index (χ4n) is 3.58. The molecule has 166 valence electrons. The van der Waals surface area contributed by atoms with E-state index in [1.54, 1.807) is 18.6 Å². The molecule has 33 heavy (non-hydrogen) atoms. The van der Waals surface area contributed by atoms with Gasteiger partial charge in [-0.1, -0.05) is 31.5 Å². The molecule has 0 aliphatic rings. The van der Waals surface area contributed by atoms with E-state index in [0.717, 1.165) is 35.6 Å². The highest BCUT2D eigenvalue weighted by molar-refractivity contribution is 14.1. The molecule has 0 fully saturated rings. The SMILES string of the molecule is Cc1ccc(-c2c(-c3ncc[nH]3)sc(-c3ccnc(NC(=O)CC(C)C)c3)c2C#N)c(I)c1. The van der Waals surface area contributed by atoms with Gasteiger partial charge in [0.05, 0.1) is 15.3 Å². The highest BCUT2D eigenvalue weighted by Gasteiger charge is 2.24. The van der Waals surface area contributed by atoms with Crippen molar-refractivity contribution in [2.24, 2.45) is 5.92 Å². The number of halogens is 1. The summed E-state index contributed by atoms with van der Waals surface area (Å²) in [7, 11) is 0. The van der Waals surface area contributed by atoms with Crippen LogP contribution in [0.1, 0.15) is 31.4 Å². The zero-order valence-corrected chi connectivity index (χ0v) is 21.4. The lowest BCUT2D eigenvalue weighted by Crippen LogP contribution is -2.14. The Kier molecular flexibility index (Phi) is 6.91. The van der Waals surface area contributed by atoms with Crippen LogP contribution in [0.15, 0.2) is 48.9 Å². The van der Waals surface area contributed by atoms with Crippen molar-refractivity contribution in [3.8, 4) is 38.3 Å². The molecule has 0 bridgehead atoms. The molecule has 3 heterocycles. The number of nitrogens with zero attached hydrogens (tertiary/aromatic N) is 3. The van der Waals surface area contributed by atoms with Crippen molar-refractivity contribution in [3.05, 3.63) is 63.6 Å². The number of thiophene rings is 1. The molecule has 6 nitrogen and oxygen atoms in total. The van der Waals surface area contributed by atoms with Crippen molar-refractivity contribution in [2.75, 3.05) is 5.32 Å².